The lowest BCUT2D eigenvalue weighted by Gasteiger charge is -2.05. The average molecular weight is 370 g/mol. The van der Waals surface area contributed by atoms with Gasteiger partial charge >= 0.3 is 0 Å². The summed E-state index contributed by atoms with van der Waals surface area (Å²) in [6, 6.07) is 13.8. The van der Waals surface area contributed by atoms with Crippen molar-refractivity contribution in [2.24, 2.45) is 7.05 Å². The van der Waals surface area contributed by atoms with Crippen molar-refractivity contribution in [3.63, 3.8) is 0 Å². The first-order valence-corrected chi connectivity index (χ1v) is 9.20. The standard InChI is InChI=1S/C18H16ClN5S/c1-12-16(24-10-4-3-5-15(24)20-12)17-21-22-18(23(17)2)25-11-13-6-8-14(19)9-7-13/h3-10H,11H2,1-2H3. The molecular formula is C18H16ClN5S. The highest BCUT2D eigenvalue weighted by Gasteiger charge is 2.18. The van der Waals surface area contributed by atoms with E-state index in [1.165, 1.54) is 5.56 Å². The number of aryl methyl sites for hydroxylation is 1. The molecule has 0 aliphatic heterocycles. The SMILES string of the molecule is Cc1nc2ccccn2c1-c1nnc(SCc2ccc(Cl)cc2)n1C. The van der Waals surface area contributed by atoms with Gasteiger partial charge in [-0.15, -0.1) is 10.2 Å². The van der Waals surface area contributed by atoms with Crippen molar-refractivity contribution in [3.05, 3.63) is 64.9 Å². The Morgan fingerprint density at radius 1 is 1.08 bits per heavy atom. The lowest BCUT2D eigenvalue weighted by molar-refractivity contribution is 0.791. The molecule has 0 radical (unpaired) electrons. The number of fused-ring (bicyclic) bond motifs is 1. The fourth-order valence-corrected chi connectivity index (χ4v) is 3.75. The third-order valence-electron chi connectivity index (χ3n) is 4.03. The van der Waals surface area contributed by atoms with Crippen LogP contribution in [0, 0.1) is 6.92 Å². The van der Waals surface area contributed by atoms with Crippen LogP contribution in [-0.4, -0.2) is 24.1 Å². The summed E-state index contributed by atoms with van der Waals surface area (Å²) in [7, 11) is 1.99. The smallest absolute Gasteiger partial charge is 0.191 e. The number of nitrogens with zero attached hydrogens (tertiary/aromatic N) is 5. The van der Waals surface area contributed by atoms with Gasteiger partial charge in [0.05, 0.1) is 5.69 Å². The molecule has 4 aromatic rings. The zero-order valence-corrected chi connectivity index (χ0v) is 15.4. The van der Waals surface area contributed by atoms with Gasteiger partial charge in [0, 0.05) is 24.0 Å². The molecule has 0 aliphatic rings. The van der Waals surface area contributed by atoms with Crippen LogP contribution >= 0.6 is 23.4 Å². The lowest BCUT2D eigenvalue weighted by Crippen LogP contribution is -1.98. The van der Waals surface area contributed by atoms with Crippen molar-refractivity contribution >= 4 is 29.0 Å². The molecule has 0 bridgehead atoms. The van der Waals surface area contributed by atoms with E-state index in [0.29, 0.717) is 0 Å². The quantitative estimate of drug-likeness (QED) is 0.501. The minimum atomic E-state index is 0.748. The first kappa shape index (κ1) is 16.2. The number of hydrogen-bond donors (Lipinski definition) is 0. The minimum Gasteiger partial charge on any atom is -0.304 e. The fourth-order valence-electron chi connectivity index (χ4n) is 2.76. The topological polar surface area (TPSA) is 48.0 Å². The van der Waals surface area contributed by atoms with Crippen LogP contribution in [0.15, 0.2) is 53.8 Å². The van der Waals surface area contributed by atoms with E-state index in [0.717, 1.165) is 38.8 Å². The Morgan fingerprint density at radius 2 is 1.88 bits per heavy atom. The predicted molar refractivity (Wildman–Crippen MR) is 101 cm³/mol. The Kier molecular flexibility index (Phi) is 4.23. The third kappa shape index (κ3) is 3.03. The molecule has 0 N–H and O–H groups in total. The Morgan fingerprint density at radius 3 is 2.68 bits per heavy atom. The largest absolute Gasteiger partial charge is 0.304 e. The van der Waals surface area contributed by atoms with E-state index < -0.39 is 0 Å². The molecule has 25 heavy (non-hydrogen) atoms. The zero-order chi connectivity index (χ0) is 17.4. The molecule has 126 valence electrons. The van der Waals surface area contributed by atoms with Gasteiger partial charge in [-0.3, -0.25) is 4.40 Å². The van der Waals surface area contributed by atoms with Gasteiger partial charge in [-0.05, 0) is 36.8 Å². The number of benzene rings is 1. The van der Waals surface area contributed by atoms with Gasteiger partial charge in [0.25, 0.3) is 0 Å². The first-order chi connectivity index (χ1) is 12.1. The second kappa shape index (κ2) is 6.54. The number of hydrogen-bond acceptors (Lipinski definition) is 4. The average Bonchev–Trinajstić information content (AvgIpc) is 3.13. The number of aromatic nitrogens is 5. The van der Waals surface area contributed by atoms with Crippen LogP contribution in [0.1, 0.15) is 11.3 Å². The lowest BCUT2D eigenvalue weighted by atomic mass is 10.2. The summed E-state index contributed by atoms with van der Waals surface area (Å²) >= 11 is 7.59. The maximum atomic E-state index is 5.94. The fraction of sp³-hybridized carbons (Fsp3) is 0.167. The molecule has 1 aromatic carbocycles. The summed E-state index contributed by atoms with van der Waals surface area (Å²) in [5.74, 6) is 1.63. The Hall–Kier alpha value is -2.31. The highest BCUT2D eigenvalue weighted by Crippen LogP contribution is 2.28. The van der Waals surface area contributed by atoms with E-state index in [2.05, 4.69) is 15.2 Å². The van der Waals surface area contributed by atoms with Crippen molar-refractivity contribution in [1.82, 2.24) is 24.1 Å². The molecule has 3 heterocycles. The van der Waals surface area contributed by atoms with Gasteiger partial charge in [0.2, 0.25) is 0 Å². The minimum absolute atomic E-state index is 0.748. The summed E-state index contributed by atoms with van der Waals surface area (Å²) in [6.45, 7) is 2.00. The maximum absolute atomic E-state index is 5.94. The van der Waals surface area contributed by atoms with Gasteiger partial charge in [-0.1, -0.05) is 41.6 Å². The van der Waals surface area contributed by atoms with E-state index in [1.54, 1.807) is 11.8 Å². The molecular weight excluding hydrogens is 354 g/mol. The Bertz CT molecular complexity index is 1040. The van der Waals surface area contributed by atoms with Crippen LogP contribution in [-0.2, 0) is 12.8 Å². The maximum Gasteiger partial charge on any atom is 0.191 e. The molecule has 0 aliphatic carbocycles. The van der Waals surface area contributed by atoms with Crippen molar-refractivity contribution in [1.29, 1.82) is 0 Å². The first-order valence-electron chi connectivity index (χ1n) is 7.84. The van der Waals surface area contributed by atoms with E-state index in [9.17, 15) is 0 Å². The van der Waals surface area contributed by atoms with Crippen LogP contribution in [0.25, 0.3) is 17.2 Å². The highest BCUT2D eigenvalue weighted by atomic mass is 35.5. The highest BCUT2D eigenvalue weighted by molar-refractivity contribution is 7.98. The summed E-state index contributed by atoms with van der Waals surface area (Å²) in [6.07, 6.45) is 2.00. The van der Waals surface area contributed by atoms with Gasteiger partial charge in [0.1, 0.15) is 11.3 Å². The van der Waals surface area contributed by atoms with Crippen molar-refractivity contribution in [2.45, 2.75) is 17.8 Å². The van der Waals surface area contributed by atoms with Crippen molar-refractivity contribution < 1.29 is 0 Å². The van der Waals surface area contributed by atoms with Gasteiger partial charge in [-0.25, -0.2) is 4.98 Å². The summed E-state index contributed by atoms with van der Waals surface area (Å²) in [5.41, 5.74) is 4.03. The monoisotopic (exact) mass is 369 g/mol. The molecule has 5 nitrogen and oxygen atoms in total. The second-order valence-corrected chi connectivity index (χ2v) is 7.13. The molecule has 0 fully saturated rings. The summed E-state index contributed by atoms with van der Waals surface area (Å²) in [5, 5.41) is 10.4. The number of rotatable bonds is 4. The van der Waals surface area contributed by atoms with Gasteiger partial charge < -0.3 is 4.57 Å². The van der Waals surface area contributed by atoms with Crippen LogP contribution in [0.3, 0.4) is 0 Å². The number of pyridine rings is 1. The molecule has 0 saturated heterocycles. The van der Waals surface area contributed by atoms with E-state index in [1.807, 2.05) is 71.6 Å². The Balaban J connectivity index is 1.64. The van der Waals surface area contributed by atoms with E-state index >= 15 is 0 Å². The molecule has 7 heteroatoms. The summed E-state index contributed by atoms with van der Waals surface area (Å²) < 4.78 is 4.07. The number of halogens is 1. The van der Waals surface area contributed by atoms with E-state index in [4.69, 9.17) is 11.6 Å². The molecule has 0 atom stereocenters. The molecule has 0 spiro atoms. The summed E-state index contributed by atoms with van der Waals surface area (Å²) in [4.78, 5) is 4.60. The van der Waals surface area contributed by atoms with Crippen LogP contribution < -0.4 is 0 Å². The van der Waals surface area contributed by atoms with Crippen molar-refractivity contribution in [3.8, 4) is 11.5 Å². The van der Waals surface area contributed by atoms with Crippen LogP contribution in [0.5, 0.6) is 0 Å². The molecule has 0 amide bonds. The molecule has 3 aromatic heterocycles. The molecule has 0 unspecified atom stereocenters. The predicted octanol–water partition coefficient (Wildman–Crippen LogP) is 4.38. The Labute approximate surface area is 154 Å². The van der Waals surface area contributed by atoms with Crippen LogP contribution in [0.4, 0.5) is 0 Å². The normalized spacial score (nSPS) is 11.3. The second-order valence-electron chi connectivity index (χ2n) is 5.75. The van der Waals surface area contributed by atoms with Gasteiger partial charge in [0.15, 0.2) is 11.0 Å². The number of imidazole rings is 1. The van der Waals surface area contributed by atoms with Gasteiger partial charge in [-0.2, -0.15) is 0 Å². The molecule has 0 saturated carbocycles. The number of thioether (sulfide) groups is 1. The third-order valence-corrected chi connectivity index (χ3v) is 5.38. The van der Waals surface area contributed by atoms with E-state index in [-0.39, 0.29) is 0 Å². The van der Waals surface area contributed by atoms with Crippen LogP contribution in [0.2, 0.25) is 5.02 Å². The zero-order valence-electron chi connectivity index (χ0n) is 13.8. The molecule has 4 rings (SSSR count). The van der Waals surface area contributed by atoms with Crippen molar-refractivity contribution in [2.75, 3.05) is 0 Å².